The van der Waals surface area contributed by atoms with Crippen LogP contribution in [0.15, 0.2) is 4.99 Å². The molecule has 0 bridgehead atoms. The normalized spacial score (nSPS) is 18.6. The van der Waals surface area contributed by atoms with Crippen molar-refractivity contribution in [1.29, 1.82) is 0 Å². The van der Waals surface area contributed by atoms with Crippen LogP contribution in [0, 0.1) is 10.8 Å². The van der Waals surface area contributed by atoms with Crippen LogP contribution in [0.3, 0.4) is 0 Å². The highest BCUT2D eigenvalue weighted by atomic mass is 16.4. The lowest BCUT2D eigenvalue weighted by molar-refractivity contribution is -0.139. The molecule has 6 heteroatoms. The summed E-state index contributed by atoms with van der Waals surface area (Å²) < 4.78 is 0. The molecule has 0 fully saturated rings. The zero-order chi connectivity index (χ0) is 16.0. The first-order valence-electron chi connectivity index (χ1n) is 7.11. The molecule has 0 aliphatic heterocycles. The van der Waals surface area contributed by atoms with Crippen LogP contribution < -0.4 is 17.2 Å². The van der Waals surface area contributed by atoms with E-state index in [-0.39, 0.29) is 16.8 Å². The van der Waals surface area contributed by atoms with E-state index in [0.29, 0.717) is 13.0 Å². The first-order valence-corrected chi connectivity index (χ1v) is 7.11. The quantitative estimate of drug-likeness (QED) is 0.375. The van der Waals surface area contributed by atoms with Gasteiger partial charge in [0.15, 0.2) is 5.96 Å². The van der Waals surface area contributed by atoms with Crippen molar-refractivity contribution in [3.05, 3.63) is 0 Å². The lowest BCUT2D eigenvalue weighted by atomic mass is 9.67. The van der Waals surface area contributed by atoms with E-state index in [9.17, 15) is 4.79 Å². The third-order valence-electron chi connectivity index (χ3n) is 4.23. The van der Waals surface area contributed by atoms with Gasteiger partial charge in [-0.1, -0.05) is 34.1 Å². The second kappa shape index (κ2) is 7.47. The van der Waals surface area contributed by atoms with Crippen LogP contribution >= 0.6 is 0 Å². The molecule has 118 valence electrons. The number of aliphatic carboxylic acids is 1. The second-order valence-electron chi connectivity index (χ2n) is 6.40. The minimum atomic E-state index is -0.952. The Balaban J connectivity index is 4.96. The Morgan fingerprint density at radius 3 is 2.05 bits per heavy atom. The molecule has 3 unspecified atom stereocenters. The Morgan fingerprint density at radius 1 is 1.20 bits per heavy atom. The molecule has 0 aromatic heterocycles. The van der Waals surface area contributed by atoms with Crippen molar-refractivity contribution < 1.29 is 9.90 Å². The van der Waals surface area contributed by atoms with Crippen LogP contribution in [0.5, 0.6) is 0 Å². The zero-order valence-corrected chi connectivity index (χ0v) is 13.1. The molecule has 0 saturated carbocycles. The molecule has 0 saturated heterocycles. The molecule has 3 atom stereocenters. The predicted octanol–water partition coefficient (Wildman–Crippen LogP) is 1.28. The van der Waals surface area contributed by atoms with Crippen molar-refractivity contribution in [1.82, 2.24) is 0 Å². The highest BCUT2D eigenvalue weighted by Gasteiger charge is 2.35. The fourth-order valence-electron chi connectivity index (χ4n) is 2.56. The summed E-state index contributed by atoms with van der Waals surface area (Å²) in [6, 6.07) is -0.830. The molecule has 0 radical (unpaired) electrons. The van der Waals surface area contributed by atoms with Gasteiger partial charge in [-0.25, -0.2) is 0 Å². The largest absolute Gasteiger partial charge is 0.480 e. The number of carbonyl (C=O) groups is 1. The third-order valence-corrected chi connectivity index (χ3v) is 4.23. The lowest BCUT2D eigenvalue weighted by Crippen LogP contribution is -2.39. The minimum absolute atomic E-state index is 0.0625. The number of hydrogen-bond acceptors (Lipinski definition) is 3. The maximum absolute atomic E-state index is 11.0. The van der Waals surface area contributed by atoms with E-state index >= 15 is 0 Å². The summed E-state index contributed by atoms with van der Waals surface area (Å²) >= 11 is 0. The Bertz CT molecular complexity index is 355. The Hall–Kier alpha value is -1.30. The zero-order valence-electron chi connectivity index (χ0n) is 13.1. The van der Waals surface area contributed by atoms with Crippen molar-refractivity contribution in [3.63, 3.8) is 0 Å². The molecule has 0 aromatic rings. The van der Waals surface area contributed by atoms with E-state index in [1.165, 1.54) is 0 Å². The van der Waals surface area contributed by atoms with Crippen LogP contribution in [-0.4, -0.2) is 29.6 Å². The van der Waals surface area contributed by atoms with Gasteiger partial charge >= 0.3 is 5.97 Å². The average Bonchev–Trinajstić information content (AvgIpc) is 2.36. The molecule has 0 heterocycles. The number of carboxylic acid groups (broad SMARTS) is 1. The molecule has 0 aliphatic rings. The highest BCUT2D eigenvalue weighted by molar-refractivity contribution is 5.75. The molecular formula is C14H30N4O2. The van der Waals surface area contributed by atoms with Gasteiger partial charge in [0.2, 0.25) is 0 Å². The van der Waals surface area contributed by atoms with E-state index in [1.807, 2.05) is 0 Å². The molecule has 7 N–H and O–H groups in total. The van der Waals surface area contributed by atoms with Crippen molar-refractivity contribution in [2.24, 2.45) is 33.0 Å². The minimum Gasteiger partial charge on any atom is -0.480 e. The van der Waals surface area contributed by atoms with Crippen molar-refractivity contribution in [2.45, 2.75) is 59.4 Å². The summed E-state index contributed by atoms with van der Waals surface area (Å²) in [7, 11) is 0. The van der Waals surface area contributed by atoms with Gasteiger partial charge in [0.05, 0.1) is 0 Å². The van der Waals surface area contributed by atoms with Crippen molar-refractivity contribution >= 4 is 11.9 Å². The third kappa shape index (κ3) is 6.23. The summed E-state index contributed by atoms with van der Waals surface area (Å²) in [6.45, 7) is 8.91. The van der Waals surface area contributed by atoms with Crippen LogP contribution in [0.25, 0.3) is 0 Å². The molecule has 20 heavy (non-hydrogen) atoms. The second-order valence-corrected chi connectivity index (χ2v) is 6.40. The molecule has 0 aromatic carbocycles. The molecule has 0 rings (SSSR count). The van der Waals surface area contributed by atoms with Crippen LogP contribution in [0.4, 0.5) is 0 Å². The maximum Gasteiger partial charge on any atom is 0.320 e. The summed E-state index contributed by atoms with van der Waals surface area (Å²) in [5, 5.41) is 8.99. The number of nitrogens with zero attached hydrogens (tertiary/aromatic N) is 1. The number of guanidine groups is 1. The van der Waals surface area contributed by atoms with Crippen LogP contribution in [-0.2, 0) is 4.79 Å². The summed E-state index contributed by atoms with van der Waals surface area (Å²) in [4.78, 5) is 15.1. The number of aliphatic imine (C=N–C) groups is 1. The van der Waals surface area contributed by atoms with Gasteiger partial charge in [0, 0.05) is 6.54 Å². The summed E-state index contributed by atoms with van der Waals surface area (Å²) in [5.41, 5.74) is 16.3. The molecule has 0 amide bonds. The van der Waals surface area contributed by atoms with Gasteiger partial charge < -0.3 is 22.3 Å². The standard InChI is InChI=1S/C14H30N4O2/c1-5-13(3,7-10(15)11(19)20)8-14(4,6-2)9-18-12(16)17/h10H,5-9,15H2,1-4H3,(H,19,20)(H4,16,17,18). The highest BCUT2D eigenvalue weighted by Crippen LogP contribution is 2.42. The van der Waals surface area contributed by atoms with Gasteiger partial charge in [0.1, 0.15) is 6.04 Å². The number of rotatable bonds is 9. The fourth-order valence-corrected chi connectivity index (χ4v) is 2.56. The van der Waals surface area contributed by atoms with E-state index in [0.717, 1.165) is 19.3 Å². The van der Waals surface area contributed by atoms with Gasteiger partial charge in [-0.3, -0.25) is 9.79 Å². The van der Waals surface area contributed by atoms with E-state index in [4.69, 9.17) is 22.3 Å². The maximum atomic E-state index is 11.0. The molecular weight excluding hydrogens is 256 g/mol. The average molecular weight is 286 g/mol. The van der Waals surface area contributed by atoms with Gasteiger partial charge in [-0.05, 0) is 30.1 Å². The topological polar surface area (TPSA) is 128 Å². The Morgan fingerprint density at radius 2 is 1.70 bits per heavy atom. The number of nitrogens with two attached hydrogens (primary N) is 3. The predicted molar refractivity (Wildman–Crippen MR) is 82.3 cm³/mol. The first-order chi connectivity index (χ1) is 9.07. The Kier molecular flexibility index (Phi) is 6.99. The summed E-state index contributed by atoms with van der Waals surface area (Å²) in [6.07, 6.45) is 3.08. The number of carboxylic acids is 1. The van der Waals surface area contributed by atoms with E-state index in [1.54, 1.807) is 0 Å². The van der Waals surface area contributed by atoms with Crippen LogP contribution in [0.1, 0.15) is 53.4 Å². The lowest BCUT2D eigenvalue weighted by Gasteiger charge is -2.39. The smallest absolute Gasteiger partial charge is 0.320 e. The first kappa shape index (κ1) is 18.7. The molecule has 0 spiro atoms. The van der Waals surface area contributed by atoms with Crippen LogP contribution in [0.2, 0.25) is 0 Å². The molecule has 6 nitrogen and oxygen atoms in total. The van der Waals surface area contributed by atoms with E-state index < -0.39 is 12.0 Å². The van der Waals surface area contributed by atoms with E-state index in [2.05, 4.69) is 32.7 Å². The van der Waals surface area contributed by atoms with Crippen molar-refractivity contribution in [2.75, 3.05) is 6.54 Å². The monoisotopic (exact) mass is 286 g/mol. The van der Waals surface area contributed by atoms with Gasteiger partial charge in [-0.15, -0.1) is 0 Å². The fraction of sp³-hybridized carbons (Fsp3) is 0.857. The summed E-state index contributed by atoms with van der Waals surface area (Å²) in [5.74, 6) is -0.864. The van der Waals surface area contributed by atoms with Gasteiger partial charge in [0.25, 0.3) is 0 Å². The molecule has 0 aliphatic carbocycles. The Labute approximate surface area is 121 Å². The van der Waals surface area contributed by atoms with Gasteiger partial charge in [-0.2, -0.15) is 0 Å². The SMILES string of the molecule is CCC(C)(CN=C(N)N)CC(C)(CC)CC(N)C(=O)O. The van der Waals surface area contributed by atoms with Crippen molar-refractivity contribution in [3.8, 4) is 0 Å². The number of hydrogen-bond donors (Lipinski definition) is 4.